The van der Waals surface area contributed by atoms with Crippen LogP contribution in [0.15, 0.2) is 77.7 Å². The molecule has 0 spiro atoms. The van der Waals surface area contributed by atoms with Crippen molar-refractivity contribution in [1.82, 2.24) is 0 Å². The molecule has 134 valence electrons. The van der Waals surface area contributed by atoms with Crippen molar-refractivity contribution in [2.45, 2.75) is 25.3 Å². The molecule has 26 heavy (non-hydrogen) atoms. The van der Waals surface area contributed by atoms with Crippen molar-refractivity contribution in [3.63, 3.8) is 0 Å². The Kier molecular flexibility index (Phi) is 5.59. The van der Waals surface area contributed by atoms with E-state index in [-0.39, 0.29) is 0 Å². The maximum absolute atomic E-state index is 12.8. The topological polar surface area (TPSA) is 35.5 Å². The van der Waals surface area contributed by atoms with Gasteiger partial charge in [-0.05, 0) is 66.9 Å². The average molecular weight is 385 g/mol. The van der Waals surface area contributed by atoms with Gasteiger partial charge in [-0.25, -0.2) is 4.21 Å². The third-order valence-corrected chi connectivity index (χ3v) is 6.07. The molecule has 0 aromatic heterocycles. The summed E-state index contributed by atoms with van der Waals surface area (Å²) in [5.41, 5.74) is 3.25. The molecule has 3 rings (SSSR count). The van der Waals surface area contributed by atoms with Gasteiger partial charge in [0.1, 0.15) is 18.1 Å². The van der Waals surface area contributed by atoms with E-state index in [2.05, 4.69) is 0 Å². The number of aryl methyl sites for hydroxylation is 2. The zero-order valence-electron chi connectivity index (χ0n) is 14.7. The van der Waals surface area contributed by atoms with Crippen LogP contribution in [0.1, 0.15) is 16.7 Å². The highest BCUT2D eigenvalue weighted by molar-refractivity contribution is 8.30. The highest BCUT2D eigenvalue weighted by atomic mass is 32.8. The Bertz CT molecular complexity index is 980. The number of ether oxygens (including phenoxy) is 1. The fraction of sp³-hybridized carbons (Fsp3) is 0.143. The molecule has 0 aliphatic carbocycles. The molecule has 0 amide bonds. The van der Waals surface area contributed by atoms with Crippen LogP contribution in [-0.4, -0.2) is 4.21 Å². The van der Waals surface area contributed by atoms with E-state index in [0.717, 1.165) is 16.7 Å². The van der Waals surface area contributed by atoms with Gasteiger partial charge in [0.2, 0.25) is 8.77 Å². The van der Waals surface area contributed by atoms with E-state index in [1.807, 2.05) is 56.3 Å². The Balaban J connectivity index is 1.67. The fourth-order valence-electron chi connectivity index (χ4n) is 2.38. The SMILES string of the molecule is Cc1ccc(S(=O)(=S)Oc2ccc(OCc3ccccc3)cc2)cc1C. The van der Waals surface area contributed by atoms with Gasteiger partial charge in [0.25, 0.3) is 0 Å². The molecule has 3 aromatic rings. The van der Waals surface area contributed by atoms with Gasteiger partial charge in [0.05, 0.1) is 4.90 Å². The summed E-state index contributed by atoms with van der Waals surface area (Å²) in [5.74, 6) is 1.17. The molecule has 0 heterocycles. The van der Waals surface area contributed by atoms with Gasteiger partial charge in [-0.15, -0.1) is 0 Å². The van der Waals surface area contributed by atoms with Gasteiger partial charge in [0.15, 0.2) is 0 Å². The highest BCUT2D eigenvalue weighted by Crippen LogP contribution is 2.23. The minimum atomic E-state index is -3.03. The molecule has 0 radical (unpaired) electrons. The predicted octanol–water partition coefficient (Wildman–Crippen LogP) is 4.98. The summed E-state index contributed by atoms with van der Waals surface area (Å²) in [6.45, 7) is 4.45. The summed E-state index contributed by atoms with van der Waals surface area (Å²) < 4.78 is 24.1. The van der Waals surface area contributed by atoms with Crippen molar-refractivity contribution in [3.8, 4) is 11.5 Å². The van der Waals surface area contributed by atoms with Gasteiger partial charge in [0, 0.05) is 11.2 Å². The molecule has 1 unspecified atom stereocenters. The van der Waals surface area contributed by atoms with E-state index in [0.29, 0.717) is 23.0 Å². The van der Waals surface area contributed by atoms with Crippen molar-refractivity contribution in [2.24, 2.45) is 0 Å². The number of benzene rings is 3. The zero-order chi connectivity index (χ0) is 18.6. The van der Waals surface area contributed by atoms with Crippen molar-refractivity contribution >= 4 is 20.0 Å². The van der Waals surface area contributed by atoms with Crippen LogP contribution in [0.25, 0.3) is 0 Å². The molecule has 1 atom stereocenters. The molecular weight excluding hydrogens is 364 g/mol. The largest absolute Gasteiger partial charge is 0.489 e. The maximum atomic E-state index is 12.8. The van der Waals surface area contributed by atoms with Crippen LogP contribution in [0, 0.1) is 13.8 Å². The number of hydrogen-bond acceptors (Lipinski definition) is 4. The molecule has 3 nitrogen and oxygen atoms in total. The van der Waals surface area contributed by atoms with E-state index in [1.54, 1.807) is 30.3 Å². The Labute approximate surface area is 159 Å². The molecule has 5 heteroatoms. The lowest BCUT2D eigenvalue weighted by atomic mass is 10.1. The summed E-state index contributed by atoms with van der Waals surface area (Å²) in [4.78, 5) is 0.514. The molecule has 0 aliphatic heterocycles. The number of hydrogen-bond donors (Lipinski definition) is 0. The van der Waals surface area contributed by atoms with Crippen LogP contribution in [-0.2, 0) is 26.6 Å². The van der Waals surface area contributed by atoms with Crippen molar-refractivity contribution in [1.29, 1.82) is 0 Å². The zero-order valence-corrected chi connectivity index (χ0v) is 16.3. The van der Waals surface area contributed by atoms with E-state index >= 15 is 0 Å². The molecule has 0 bridgehead atoms. The quantitative estimate of drug-likeness (QED) is 0.600. The van der Waals surface area contributed by atoms with Gasteiger partial charge in [-0.3, -0.25) is 0 Å². The van der Waals surface area contributed by atoms with Crippen LogP contribution in [0.4, 0.5) is 0 Å². The number of rotatable bonds is 6. The first-order valence-electron chi connectivity index (χ1n) is 8.22. The molecule has 0 saturated carbocycles. The molecular formula is C21H20O3S2. The van der Waals surface area contributed by atoms with E-state index in [1.165, 1.54) is 0 Å². The Morgan fingerprint density at radius 2 is 1.50 bits per heavy atom. The predicted molar refractivity (Wildman–Crippen MR) is 108 cm³/mol. The minimum absolute atomic E-state index is 0.454. The van der Waals surface area contributed by atoms with Crippen LogP contribution in [0.5, 0.6) is 11.5 Å². The Morgan fingerprint density at radius 1 is 0.846 bits per heavy atom. The summed E-state index contributed by atoms with van der Waals surface area (Å²) in [6.07, 6.45) is 0. The van der Waals surface area contributed by atoms with E-state index in [9.17, 15) is 4.21 Å². The lowest BCUT2D eigenvalue weighted by Gasteiger charge is -2.12. The summed E-state index contributed by atoms with van der Waals surface area (Å²) >= 11 is 5.22. The first-order chi connectivity index (χ1) is 12.4. The second kappa shape index (κ2) is 7.89. The molecule has 0 saturated heterocycles. The van der Waals surface area contributed by atoms with Crippen LogP contribution < -0.4 is 8.92 Å². The summed E-state index contributed by atoms with van der Waals surface area (Å²) in [5, 5.41) is 0. The lowest BCUT2D eigenvalue weighted by molar-refractivity contribution is 0.306. The van der Waals surface area contributed by atoms with Crippen molar-refractivity contribution in [3.05, 3.63) is 89.5 Å². The van der Waals surface area contributed by atoms with E-state index < -0.39 is 8.77 Å². The maximum Gasteiger partial charge on any atom is 0.215 e. The van der Waals surface area contributed by atoms with Gasteiger partial charge in [-0.2, -0.15) is 0 Å². The van der Waals surface area contributed by atoms with Crippen LogP contribution in [0.3, 0.4) is 0 Å². The van der Waals surface area contributed by atoms with Crippen molar-refractivity contribution in [2.75, 3.05) is 0 Å². The summed E-state index contributed by atoms with van der Waals surface area (Å²) in [6, 6.07) is 22.4. The van der Waals surface area contributed by atoms with Crippen LogP contribution >= 0.6 is 0 Å². The smallest absolute Gasteiger partial charge is 0.215 e. The fourth-order valence-corrected chi connectivity index (χ4v) is 3.94. The van der Waals surface area contributed by atoms with Crippen molar-refractivity contribution < 1.29 is 13.1 Å². The normalized spacial score (nSPS) is 13.0. The monoisotopic (exact) mass is 384 g/mol. The van der Waals surface area contributed by atoms with Gasteiger partial charge >= 0.3 is 0 Å². The summed E-state index contributed by atoms with van der Waals surface area (Å²) in [7, 11) is -3.03. The van der Waals surface area contributed by atoms with E-state index in [4.69, 9.17) is 20.1 Å². The highest BCUT2D eigenvalue weighted by Gasteiger charge is 2.13. The first kappa shape index (κ1) is 18.4. The van der Waals surface area contributed by atoms with Gasteiger partial charge in [-0.1, -0.05) is 36.4 Å². The first-order valence-corrected chi connectivity index (χ1v) is 10.6. The third-order valence-electron chi connectivity index (χ3n) is 4.05. The minimum Gasteiger partial charge on any atom is -0.489 e. The van der Waals surface area contributed by atoms with Crippen LogP contribution in [0.2, 0.25) is 0 Å². The molecule has 3 aromatic carbocycles. The second-order valence-corrected chi connectivity index (χ2v) is 8.89. The lowest BCUT2D eigenvalue weighted by Crippen LogP contribution is -2.08. The average Bonchev–Trinajstić information content (AvgIpc) is 2.64. The Morgan fingerprint density at radius 3 is 2.15 bits per heavy atom. The molecule has 0 N–H and O–H groups in total. The third kappa shape index (κ3) is 4.62. The Hall–Kier alpha value is -2.37. The molecule has 0 aliphatic rings. The van der Waals surface area contributed by atoms with Gasteiger partial charge < -0.3 is 8.92 Å². The second-order valence-electron chi connectivity index (χ2n) is 6.03. The molecule has 0 fully saturated rings. The standard InChI is InChI=1S/C21H20O3S2/c1-16-8-13-21(14-17(16)2)26(22,25)24-20-11-9-19(10-12-20)23-15-18-6-4-3-5-7-18/h3-14H,15H2,1-2H3.